The van der Waals surface area contributed by atoms with Crippen LogP contribution < -0.4 is 14.9 Å². The van der Waals surface area contributed by atoms with Crippen LogP contribution in [-0.2, 0) is 10.0 Å². The molecular weight excluding hydrogens is 484 g/mol. The number of aromatic nitrogens is 2. The molecule has 5 aromatic rings. The summed E-state index contributed by atoms with van der Waals surface area (Å²) in [6, 6.07) is 26.7. The molecule has 2 heterocycles. The van der Waals surface area contributed by atoms with Gasteiger partial charge in [-0.3, -0.25) is 14.3 Å². The minimum absolute atomic E-state index is 0.166. The first kappa shape index (κ1) is 23.8. The van der Waals surface area contributed by atoms with E-state index in [1.807, 2.05) is 24.3 Å². The molecule has 0 aliphatic heterocycles. The average molecular weight is 507 g/mol. The molecule has 0 spiro atoms. The fraction of sp³-hybridized carbons (Fsp3) is 0.0357. The van der Waals surface area contributed by atoms with Gasteiger partial charge in [0.2, 0.25) is 0 Å². The van der Waals surface area contributed by atoms with Gasteiger partial charge in [-0.15, -0.1) is 0 Å². The Labute approximate surface area is 214 Å². The van der Waals surface area contributed by atoms with Gasteiger partial charge in [0.05, 0.1) is 27.7 Å². The van der Waals surface area contributed by atoms with E-state index in [0.717, 1.165) is 28.0 Å². The van der Waals surface area contributed by atoms with Crippen molar-refractivity contribution in [3.8, 4) is 6.07 Å². The maximum atomic E-state index is 13.4. The third-order valence-corrected chi connectivity index (χ3v) is 7.64. The van der Waals surface area contributed by atoms with Crippen LogP contribution in [0, 0.1) is 11.3 Å². The van der Waals surface area contributed by atoms with Crippen molar-refractivity contribution in [2.24, 2.45) is 0 Å². The molecule has 0 atom stereocenters. The van der Waals surface area contributed by atoms with Crippen LogP contribution in [0.25, 0.3) is 10.9 Å². The largest absolute Gasteiger partial charge is 0.355 e. The van der Waals surface area contributed by atoms with Crippen molar-refractivity contribution in [3.63, 3.8) is 0 Å². The van der Waals surface area contributed by atoms with Crippen LogP contribution in [0.15, 0.2) is 108 Å². The summed E-state index contributed by atoms with van der Waals surface area (Å²) >= 11 is 0. The topological polar surface area (TPSA) is 111 Å². The number of nitrogens with one attached hydrogen (secondary N) is 2. The van der Waals surface area contributed by atoms with Crippen molar-refractivity contribution < 1.29 is 8.42 Å². The van der Waals surface area contributed by atoms with Crippen molar-refractivity contribution in [2.75, 3.05) is 22.0 Å². The van der Waals surface area contributed by atoms with Crippen LogP contribution in [0.2, 0.25) is 0 Å². The summed E-state index contributed by atoms with van der Waals surface area (Å²) in [6.45, 7) is 0. The lowest BCUT2D eigenvalue weighted by Crippen LogP contribution is -2.26. The zero-order chi connectivity index (χ0) is 25.8. The van der Waals surface area contributed by atoms with E-state index >= 15 is 0 Å². The Morgan fingerprint density at radius 2 is 1.57 bits per heavy atom. The molecule has 0 bridgehead atoms. The van der Waals surface area contributed by atoms with E-state index in [9.17, 15) is 13.7 Å². The van der Waals surface area contributed by atoms with E-state index in [4.69, 9.17) is 0 Å². The normalized spacial score (nSPS) is 11.0. The zero-order valence-electron chi connectivity index (χ0n) is 19.8. The highest BCUT2D eigenvalue weighted by Crippen LogP contribution is 2.29. The molecule has 182 valence electrons. The van der Waals surface area contributed by atoms with Gasteiger partial charge in [0.1, 0.15) is 0 Å². The quantitative estimate of drug-likeness (QED) is 0.286. The highest BCUT2D eigenvalue weighted by molar-refractivity contribution is 7.92. The number of nitrogens with zero attached hydrogens (tertiary/aromatic N) is 4. The van der Waals surface area contributed by atoms with Crippen LogP contribution in [0.4, 0.5) is 28.4 Å². The van der Waals surface area contributed by atoms with Gasteiger partial charge >= 0.3 is 0 Å². The highest BCUT2D eigenvalue weighted by atomic mass is 32.2. The van der Waals surface area contributed by atoms with Gasteiger partial charge in [0.15, 0.2) is 0 Å². The Balaban J connectivity index is 1.36. The average Bonchev–Trinajstić information content (AvgIpc) is 2.93. The number of sulfonamides is 1. The van der Waals surface area contributed by atoms with Crippen molar-refractivity contribution in [3.05, 3.63) is 109 Å². The van der Waals surface area contributed by atoms with Crippen LogP contribution in [0.1, 0.15) is 5.56 Å². The van der Waals surface area contributed by atoms with E-state index in [1.54, 1.807) is 79.3 Å². The van der Waals surface area contributed by atoms with E-state index in [-0.39, 0.29) is 4.90 Å². The Hall–Kier alpha value is -4.94. The lowest BCUT2D eigenvalue weighted by molar-refractivity contribution is 0.594. The van der Waals surface area contributed by atoms with Crippen LogP contribution in [-0.4, -0.2) is 25.4 Å². The summed E-state index contributed by atoms with van der Waals surface area (Å²) < 4.78 is 28.0. The molecule has 0 aliphatic carbocycles. The molecule has 9 heteroatoms. The van der Waals surface area contributed by atoms with E-state index in [2.05, 4.69) is 26.7 Å². The molecule has 5 rings (SSSR count). The van der Waals surface area contributed by atoms with Gasteiger partial charge in [0, 0.05) is 53.8 Å². The fourth-order valence-corrected chi connectivity index (χ4v) is 5.06. The first-order chi connectivity index (χ1) is 17.9. The van der Waals surface area contributed by atoms with Gasteiger partial charge in [-0.2, -0.15) is 5.26 Å². The molecule has 2 N–H and O–H groups in total. The summed E-state index contributed by atoms with van der Waals surface area (Å²) in [4.78, 5) is 8.51. The number of hydrogen-bond donors (Lipinski definition) is 2. The first-order valence-corrected chi connectivity index (χ1v) is 12.8. The summed E-state index contributed by atoms with van der Waals surface area (Å²) in [7, 11) is -2.26. The molecule has 0 aliphatic rings. The van der Waals surface area contributed by atoms with Gasteiger partial charge in [-0.1, -0.05) is 6.07 Å². The van der Waals surface area contributed by atoms with Crippen LogP contribution in [0.5, 0.6) is 0 Å². The van der Waals surface area contributed by atoms with E-state index in [1.165, 1.54) is 11.4 Å². The molecule has 0 fully saturated rings. The second-order valence-electron chi connectivity index (χ2n) is 8.24. The van der Waals surface area contributed by atoms with Crippen molar-refractivity contribution in [2.45, 2.75) is 4.90 Å². The third-order valence-electron chi connectivity index (χ3n) is 5.84. The standard InChI is InChI=1S/C28H22N6O2S/c1-34(24-4-2-3-23(18-24)32-22-11-14-30-15-12-22)37(35,36)25-8-6-21(7-9-25)33-28-13-16-31-27-10-5-20(19-29)17-26(27)28/h2-18H,1H3,(H,30,32)(H,31,33). The minimum atomic E-state index is -3.79. The predicted molar refractivity (Wildman–Crippen MR) is 146 cm³/mol. The Morgan fingerprint density at radius 1 is 0.811 bits per heavy atom. The Morgan fingerprint density at radius 3 is 2.32 bits per heavy atom. The molecule has 37 heavy (non-hydrogen) atoms. The summed E-state index contributed by atoms with van der Waals surface area (Å²) in [5.74, 6) is 0. The molecule has 0 saturated carbocycles. The molecule has 0 unspecified atom stereocenters. The molecule has 2 aromatic heterocycles. The molecule has 0 amide bonds. The van der Waals surface area contributed by atoms with Crippen molar-refractivity contribution in [1.82, 2.24) is 9.97 Å². The van der Waals surface area contributed by atoms with Crippen LogP contribution in [0.3, 0.4) is 0 Å². The SMILES string of the molecule is CN(c1cccc(Nc2ccncc2)c1)S(=O)(=O)c1ccc(Nc2ccnc3ccc(C#N)cc23)cc1. The number of fused-ring (bicyclic) bond motifs is 1. The molecule has 8 nitrogen and oxygen atoms in total. The number of anilines is 5. The zero-order valence-corrected chi connectivity index (χ0v) is 20.6. The predicted octanol–water partition coefficient (Wildman–Crippen LogP) is 5.81. The number of benzene rings is 3. The van der Waals surface area contributed by atoms with E-state index in [0.29, 0.717) is 16.9 Å². The van der Waals surface area contributed by atoms with Gasteiger partial charge < -0.3 is 10.6 Å². The second kappa shape index (κ2) is 9.97. The van der Waals surface area contributed by atoms with Crippen molar-refractivity contribution >= 4 is 49.4 Å². The molecular formula is C28H22N6O2S. The van der Waals surface area contributed by atoms with E-state index < -0.39 is 10.0 Å². The maximum Gasteiger partial charge on any atom is 0.264 e. The number of rotatable bonds is 7. The molecule has 3 aromatic carbocycles. The number of nitriles is 1. The number of hydrogen-bond acceptors (Lipinski definition) is 7. The van der Waals surface area contributed by atoms with Crippen LogP contribution >= 0.6 is 0 Å². The van der Waals surface area contributed by atoms with Gasteiger partial charge in [-0.05, 0) is 78.9 Å². The smallest absolute Gasteiger partial charge is 0.264 e. The Kier molecular flexibility index (Phi) is 6.41. The monoisotopic (exact) mass is 506 g/mol. The lowest BCUT2D eigenvalue weighted by atomic mass is 10.1. The van der Waals surface area contributed by atoms with Gasteiger partial charge in [-0.25, -0.2) is 8.42 Å². The minimum Gasteiger partial charge on any atom is -0.355 e. The van der Waals surface area contributed by atoms with Crippen molar-refractivity contribution in [1.29, 1.82) is 5.26 Å². The fourth-order valence-electron chi connectivity index (χ4n) is 3.87. The molecule has 0 saturated heterocycles. The summed E-state index contributed by atoms with van der Waals surface area (Å²) in [5, 5.41) is 16.6. The summed E-state index contributed by atoms with van der Waals surface area (Å²) in [6.07, 6.45) is 5.05. The number of pyridine rings is 2. The maximum absolute atomic E-state index is 13.4. The lowest BCUT2D eigenvalue weighted by Gasteiger charge is -2.21. The Bertz CT molecular complexity index is 1720. The first-order valence-electron chi connectivity index (χ1n) is 11.4. The van der Waals surface area contributed by atoms with Gasteiger partial charge in [0.25, 0.3) is 10.0 Å². The molecule has 0 radical (unpaired) electrons. The second-order valence-corrected chi connectivity index (χ2v) is 10.2. The highest BCUT2D eigenvalue weighted by Gasteiger charge is 2.21. The summed E-state index contributed by atoms with van der Waals surface area (Å²) in [5.41, 5.74) is 4.91. The third kappa shape index (κ3) is 5.05.